The fourth-order valence-electron chi connectivity index (χ4n) is 0.619. The number of hydrogen-bond donors (Lipinski definition) is 2. The summed E-state index contributed by atoms with van der Waals surface area (Å²) in [7, 11) is 0. The lowest BCUT2D eigenvalue weighted by molar-refractivity contribution is -0.113. The number of alkyl halides is 1. The van der Waals surface area contributed by atoms with E-state index >= 15 is 0 Å². The summed E-state index contributed by atoms with van der Waals surface area (Å²) in [5, 5.41) is 16.8. The highest BCUT2D eigenvalue weighted by molar-refractivity contribution is 6.28. The van der Waals surface area contributed by atoms with Crippen LogP contribution in [0.25, 0.3) is 0 Å². The van der Waals surface area contributed by atoms with Gasteiger partial charge in [0.2, 0.25) is 5.91 Å². The zero-order valence-corrected chi connectivity index (χ0v) is 6.72. The number of aromatic amines is 1. The number of carbonyl (C=O) groups is 1. The van der Waals surface area contributed by atoms with Crippen LogP contribution in [0, 0.1) is 11.3 Å². The Morgan fingerprint density at radius 3 is 3.17 bits per heavy atom. The number of nitrogens with one attached hydrogen (secondary N) is 2. The molecule has 0 fully saturated rings. The van der Waals surface area contributed by atoms with Crippen molar-refractivity contribution in [2.45, 2.75) is 0 Å². The molecule has 1 aromatic heterocycles. The Hall–Kier alpha value is -1.54. The molecule has 5 nitrogen and oxygen atoms in total. The highest BCUT2D eigenvalue weighted by atomic mass is 35.5. The number of H-pyrrole nitrogens is 1. The van der Waals surface area contributed by atoms with Crippen molar-refractivity contribution in [1.82, 2.24) is 10.2 Å². The average Bonchev–Trinajstić information content (AvgIpc) is 2.52. The minimum Gasteiger partial charge on any atom is -0.308 e. The van der Waals surface area contributed by atoms with Crippen molar-refractivity contribution in [3.05, 3.63) is 11.8 Å². The van der Waals surface area contributed by atoms with Crippen molar-refractivity contribution in [3.8, 4) is 6.07 Å². The summed E-state index contributed by atoms with van der Waals surface area (Å²) < 4.78 is 0. The second kappa shape index (κ2) is 3.74. The zero-order chi connectivity index (χ0) is 8.97. The van der Waals surface area contributed by atoms with Crippen LogP contribution in [0.2, 0.25) is 0 Å². The molecule has 1 heterocycles. The standard InChI is InChI=1S/C6H5ClN4O/c7-2-6(12)9-5-1-4(3-8)10-11-5/h1H,2H2,(H2,9,10,11,12). The molecule has 0 atom stereocenters. The van der Waals surface area contributed by atoms with E-state index in [0.29, 0.717) is 11.5 Å². The first-order chi connectivity index (χ1) is 5.76. The predicted molar refractivity (Wildman–Crippen MR) is 42.7 cm³/mol. The third-order valence-electron chi connectivity index (χ3n) is 1.09. The third kappa shape index (κ3) is 1.97. The molecule has 12 heavy (non-hydrogen) atoms. The molecule has 0 aromatic carbocycles. The predicted octanol–water partition coefficient (Wildman–Crippen LogP) is 0.459. The van der Waals surface area contributed by atoms with Gasteiger partial charge in [-0.3, -0.25) is 9.89 Å². The van der Waals surface area contributed by atoms with E-state index in [1.54, 1.807) is 0 Å². The van der Waals surface area contributed by atoms with Crippen molar-refractivity contribution in [1.29, 1.82) is 5.26 Å². The van der Waals surface area contributed by atoms with Gasteiger partial charge in [-0.05, 0) is 0 Å². The first-order valence-corrected chi connectivity index (χ1v) is 3.61. The minimum atomic E-state index is -0.354. The lowest BCUT2D eigenvalue weighted by atomic mass is 10.4. The fourth-order valence-corrected chi connectivity index (χ4v) is 0.686. The van der Waals surface area contributed by atoms with Gasteiger partial charge < -0.3 is 5.32 Å². The van der Waals surface area contributed by atoms with Gasteiger partial charge in [0.05, 0.1) is 0 Å². The molecule has 0 aliphatic carbocycles. The van der Waals surface area contributed by atoms with Crippen LogP contribution in [-0.2, 0) is 4.79 Å². The number of nitrogens with zero attached hydrogens (tertiary/aromatic N) is 2. The third-order valence-corrected chi connectivity index (χ3v) is 1.33. The van der Waals surface area contributed by atoms with Crippen LogP contribution in [-0.4, -0.2) is 22.0 Å². The average molecular weight is 185 g/mol. The molecule has 0 spiro atoms. The van der Waals surface area contributed by atoms with Crippen molar-refractivity contribution in [2.24, 2.45) is 0 Å². The van der Waals surface area contributed by atoms with Crippen LogP contribution in [0.1, 0.15) is 5.69 Å². The molecule has 6 heteroatoms. The lowest BCUT2D eigenvalue weighted by Crippen LogP contribution is -2.12. The van der Waals surface area contributed by atoms with E-state index in [1.165, 1.54) is 6.07 Å². The first-order valence-electron chi connectivity index (χ1n) is 3.07. The van der Waals surface area contributed by atoms with E-state index < -0.39 is 0 Å². The first kappa shape index (κ1) is 8.56. The maximum Gasteiger partial charge on any atom is 0.240 e. The summed E-state index contributed by atoms with van der Waals surface area (Å²) in [4.78, 5) is 10.7. The van der Waals surface area contributed by atoms with Gasteiger partial charge in [-0.15, -0.1) is 11.6 Å². The maximum absolute atomic E-state index is 10.7. The zero-order valence-electron chi connectivity index (χ0n) is 5.97. The van der Waals surface area contributed by atoms with E-state index in [2.05, 4.69) is 15.5 Å². The van der Waals surface area contributed by atoms with Gasteiger partial charge in [-0.25, -0.2) is 0 Å². The second-order valence-electron chi connectivity index (χ2n) is 1.96. The monoisotopic (exact) mass is 184 g/mol. The molecule has 0 saturated carbocycles. The molecule has 1 rings (SSSR count). The van der Waals surface area contributed by atoms with Crippen LogP contribution >= 0.6 is 11.6 Å². The summed E-state index contributed by atoms with van der Waals surface area (Å²) >= 11 is 5.23. The molecule has 0 radical (unpaired) electrons. The number of carbonyl (C=O) groups excluding carboxylic acids is 1. The number of halogens is 1. The molecule has 1 aromatic rings. The number of amides is 1. The molecule has 0 saturated heterocycles. The van der Waals surface area contributed by atoms with Gasteiger partial charge in [-0.1, -0.05) is 0 Å². The minimum absolute atomic E-state index is 0.130. The Bertz CT molecular complexity index is 327. The molecular formula is C6H5ClN4O. The molecule has 1 amide bonds. The van der Waals surface area contributed by atoms with Crippen LogP contribution in [0.3, 0.4) is 0 Å². The SMILES string of the molecule is N#Cc1cc(NC(=O)CCl)n[nH]1. The Morgan fingerprint density at radius 2 is 2.67 bits per heavy atom. The molecule has 0 aliphatic rings. The molecule has 62 valence electrons. The summed E-state index contributed by atoms with van der Waals surface area (Å²) in [5.41, 5.74) is 0.292. The smallest absolute Gasteiger partial charge is 0.240 e. The van der Waals surface area contributed by atoms with E-state index in [0.717, 1.165) is 0 Å². The highest BCUT2D eigenvalue weighted by Gasteiger charge is 2.03. The van der Waals surface area contributed by atoms with Gasteiger partial charge in [0, 0.05) is 6.07 Å². The van der Waals surface area contributed by atoms with E-state index in [9.17, 15) is 4.79 Å². The Morgan fingerprint density at radius 1 is 1.92 bits per heavy atom. The topological polar surface area (TPSA) is 81.6 Å². The van der Waals surface area contributed by atoms with Crippen molar-refractivity contribution >= 4 is 23.3 Å². The quantitative estimate of drug-likeness (QED) is 0.655. The van der Waals surface area contributed by atoms with Crippen LogP contribution < -0.4 is 5.32 Å². The van der Waals surface area contributed by atoms with E-state index in [-0.39, 0.29) is 11.8 Å². The van der Waals surface area contributed by atoms with Crippen LogP contribution in [0.5, 0.6) is 0 Å². The molecule has 0 bridgehead atoms. The molecule has 0 aliphatic heterocycles. The van der Waals surface area contributed by atoms with Crippen molar-refractivity contribution in [3.63, 3.8) is 0 Å². The van der Waals surface area contributed by atoms with Gasteiger partial charge in [0.1, 0.15) is 17.6 Å². The van der Waals surface area contributed by atoms with Gasteiger partial charge in [-0.2, -0.15) is 10.4 Å². The molecule has 0 unspecified atom stereocenters. The maximum atomic E-state index is 10.7. The van der Waals surface area contributed by atoms with Crippen LogP contribution in [0.15, 0.2) is 6.07 Å². The largest absolute Gasteiger partial charge is 0.308 e. The lowest BCUT2D eigenvalue weighted by Gasteiger charge is -1.94. The number of hydrogen-bond acceptors (Lipinski definition) is 3. The number of anilines is 1. The summed E-state index contributed by atoms with van der Waals surface area (Å²) in [6.07, 6.45) is 0. The second-order valence-corrected chi connectivity index (χ2v) is 2.23. The Balaban J connectivity index is 2.65. The number of nitriles is 1. The van der Waals surface area contributed by atoms with E-state index in [1.807, 2.05) is 6.07 Å². The fraction of sp³-hybridized carbons (Fsp3) is 0.167. The Kier molecular flexibility index (Phi) is 2.66. The number of aromatic nitrogens is 2. The van der Waals surface area contributed by atoms with Crippen molar-refractivity contribution in [2.75, 3.05) is 11.2 Å². The summed E-state index contributed by atoms with van der Waals surface area (Å²) in [5.74, 6) is -0.181. The highest BCUT2D eigenvalue weighted by Crippen LogP contribution is 2.03. The molecular weight excluding hydrogens is 180 g/mol. The normalized spacial score (nSPS) is 9.00. The van der Waals surface area contributed by atoms with Crippen molar-refractivity contribution < 1.29 is 4.79 Å². The van der Waals surface area contributed by atoms with Crippen LogP contribution in [0.4, 0.5) is 5.82 Å². The van der Waals surface area contributed by atoms with Gasteiger partial charge in [0.25, 0.3) is 0 Å². The summed E-state index contributed by atoms with van der Waals surface area (Å²) in [6, 6.07) is 3.26. The number of rotatable bonds is 2. The van der Waals surface area contributed by atoms with E-state index in [4.69, 9.17) is 16.9 Å². The van der Waals surface area contributed by atoms with Gasteiger partial charge in [0.15, 0.2) is 5.82 Å². The Labute approximate surface area is 73.3 Å². The summed E-state index contributed by atoms with van der Waals surface area (Å²) in [6.45, 7) is 0. The van der Waals surface area contributed by atoms with Gasteiger partial charge >= 0.3 is 0 Å². The molecule has 2 N–H and O–H groups in total.